The maximum atomic E-state index is 14.7. The van der Waals surface area contributed by atoms with Crippen LogP contribution in [0.5, 0.6) is 0 Å². The van der Waals surface area contributed by atoms with Gasteiger partial charge in [0.2, 0.25) is 5.91 Å². The fraction of sp³-hybridized carbons (Fsp3) is 0.314. The predicted molar refractivity (Wildman–Crippen MR) is 182 cm³/mol. The number of benzene rings is 3. The molecule has 52 heavy (non-hydrogen) atoms. The minimum atomic E-state index is -1.38. The number of hydroxylamine groups is 2. The highest BCUT2D eigenvalue weighted by Crippen LogP contribution is 2.27. The average Bonchev–Trinajstić information content (AvgIpc) is 3.81. The zero-order chi connectivity index (χ0) is 36.7. The summed E-state index contributed by atoms with van der Waals surface area (Å²) in [5.74, 6) is -4.03. The average molecular weight is 708 g/mol. The second kappa shape index (κ2) is 14.3. The fourth-order valence-corrected chi connectivity index (χ4v) is 6.91. The van der Waals surface area contributed by atoms with Gasteiger partial charge >= 0.3 is 20.2 Å². The van der Waals surface area contributed by atoms with Gasteiger partial charge in [0.15, 0.2) is 0 Å². The SMILES string of the molecule is C[C@H](NC(=O)c1ccc2c(c1)B(O)OC2)[C@H](NC(=O)c1ccc2c(c1)B(O)OC2)C(=O)N1Cc2ccccc2C[C@@H]1CC(=O)ON1C(=O)CCC1=O. The highest BCUT2D eigenvalue weighted by atomic mass is 16.7. The Bertz CT molecular complexity index is 1980. The van der Waals surface area contributed by atoms with Gasteiger partial charge in [0.25, 0.3) is 23.6 Å². The maximum Gasteiger partial charge on any atom is 0.491 e. The Kier molecular flexibility index (Phi) is 9.67. The van der Waals surface area contributed by atoms with Gasteiger partial charge in [-0.05, 0) is 70.8 Å². The van der Waals surface area contributed by atoms with Gasteiger partial charge in [0.05, 0.1) is 25.7 Å². The van der Waals surface area contributed by atoms with Gasteiger partial charge in [-0.1, -0.05) is 36.4 Å². The molecule has 15 nitrogen and oxygen atoms in total. The first-order chi connectivity index (χ1) is 25.0. The molecule has 266 valence electrons. The molecule has 5 amide bonds. The summed E-state index contributed by atoms with van der Waals surface area (Å²) in [5, 5.41) is 26.4. The van der Waals surface area contributed by atoms with E-state index in [9.17, 15) is 38.8 Å². The number of rotatable bonds is 9. The topological polar surface area (TPSA) is 201 Å². The van der Waals surface area contributed by atoms with Crippen LogP contribution in [0, 0.1) is 0 Å². The number of carbonyl (C=O) groups excluding carboxylic acids is 6. The van der Waals surface area contributed by atoms with Crippen LogP contribution in [0.25, 0.3) is 0 Å². The van der Waals surface area contributed by atoms with Crippen molar-refractivity contribution in [3.05, 3.63) is 94.0 Å². The molecule has 0 unspecified atom stereocenters. The minimum Gasteiger partial charge on any atom is -0.423 e. The molecule has 0 aliphatic carbocycles. The molecule has 3 aromatic rings. The van der Waals surface area contributed by atoms with E-state index in [0.29, 0.717) is 21.6 Å². The predicted octanol–water partition coefficient (Wildman–Crippen LogP) is -1.01. The zero-order valence-corrected chi connectivity index (χ0v) is 28.1. The lowest BCUT2D eigenvalue weighted by Crippen LogP contribution is -2.60. The normalized spacial score (nSPS) is 18.8. The molecule has 0 bridgehead atoms. The molecule has 4 aliphatic heterocycles. The smallest absolute Gasteiger partial charge is 0.423 e. The summed E-state index contributed by atoms with van der Waals surface area (Å²) in [7, 11) is -2.40. The van der Waals surface area contributed by atoms with E-state index in [-0.39, 0.29) is 56.6 Å². The minimum absolute atomic E-state index is 0.0483. The summed E-state index contributed by atoms with van der Waals surface area (Å²) >= 11 is 0. The molecule has 1 saturated heterocycles. The van der Waals surface area contributed by atoms with E-state index >= 15 is 0 Å². The maximum absolute atomic E-state index is 14.7. The van der Waals surface area contributed by atoms with Crippen molar-refractivity contribution in [2.24, 2.45) is 0 Å². The lowest BCUT2D eigenvalue weighted by molar-refractivity contribution is -0.198. The summed E-state index contributed by atoms with van der Waals surface area (Å²) in [6.45, 7) is 1.97. The van der Waals surface area contributed by atoms with Gasteiger partial charge in [-0.25, -0.2) is 4.79 Å². The number of carbonyl (C=O) groups is 6. The van der Waals surface area contributed by atoms with Crippen LogP contribution in [0.15, 0.2) is 60.7 Å². The fourth-order valence-electron chi connectivity index (χ4n) is 6.91. The monoisotopic (exact) mass is 708 g/mol. The number of nitrogens with one attached hydrogen (secondary N) is 2. The van der Waals surface area contributed by atoms with Crippen molar-refractivity contribution in [3.63, 3.8) is 0 Å². The molecule has 4 N–H and O–H groups in total. The van der Waals surface area contributed by atoms with Gasteiger partial charge in [-0.15, -0.1) is 5.06 Å². The van der Waals surface area contributed by atoms with Crippen LogP contribution in [-0.2, 0) is 59.5 Å². The Labute approximate surface area is 298 Å². The largest absolute Gasteiger partial charge is 0.491 e. The van der Waals surface area contributed by atoms with Gasteiger partial charge in [0, 0.05) is 36.6 Å². The number of hydrogen-bond donors (Lipinski definition) is 4. The van der Waals surface area contributed by atoms with E-state index in [1.807, 2.05) is 24.3 Å². The molecule has 0 spiro atoms. The molecule has 1 fully saturated rings. The van der Waals surface area contributed by atoms with Crippen molar-refractivity contribution in [2.75, 3.05) is 0 Å². The van der Waals surface area contributed by atoms with E-state index in [0.717, 1.165) is 16.7 Å². The summed E-state index contributed by atoms with van der Waals surface area (Å²) in [6.07, 6.45) is -0.299. The quantitative estimate of drug-likeness (QED) is 0.157. The summed E-state index contributed by atoms with van der Waals surface area (Å²) in [6, 6.07) is 13.5. The summed E-state index contributed by atoms with van der Waals surface area (Å²) < 4.78 is 10.5. The molecule has 0 radical (unpaired) electrons. The molecule has 3 atom stereocenters. The van der Waals surface area contributed by atoms with Crippen LogP contribution < -0.4 is 21.6 Å². The van der Waals surface area contributed by atoms with E-state index in [1.54, 1.807) is 25.1 Å². The standard InChI is InChI=1S/C35H34B2N4O11/c1-19(38-33(45)21-6-8-24-17-50-36(48)27(24)13-21)32(39-34(46)22-7-9-25-18-51-37(49)28(25)14-22)35(47)40-16-23-5-3-2-4-20(23)12-26(40)15-31(44)52-41-29(42)10-11-30(41)43/h2-9,13-14,19,26,32,48-49H,10-12,15-18H2,1H3,(H,38,45)(H,39,46)/t19-,26+,32-/m0/s1. The first kappa shape index (κ1) is 35.1. The Morgan fingerprint density at radius 1 is 0.827 bits per heavy atom. The summed E-state index contributed by atoms with van der Waals surface area (Å²) in [4.78, 5) is 86.0. The van der Waals surface area contributed by atoms with Crippen molar-refractivity contribution in [1.29, 1.82) is 0 Å². The van der Waals surface area contributed by atoms with Crippen molar-refractivity contribution < 1.29 is 53.0 Å². The van der Waals surface area contributed by atoms with Gasteiger partial charge in [0.1, 0.15) is 6.04 Å². The van der Waals surface area contributed by atoms with Crippen molar-refractivity contribution in [1.82, 2.24) is 20.6 Å². The van der Waals surface area contributed by atoms with Crippen LogP contribution in [0.3, 0.4) is 0 Å². The van der Waals surface area contributed by atoms with E-state index in [1.165, 1.54) is 23.1 Å². The zero-order valence-electron chi connectivity index (χ0n) is 28.1. The molecular weight excluding hydrogens is 674 g/mol. The van der Waals surface area contributed by atoms with Gasteiger partial charge < -0.3 is 39.7 Å². The third-order valence-electron chi connectivity index (χ3n) is 9.79. The third-order valence-corrected chi connectivity index (χ3v) is 9.79. The highest BCUT2D eigenvalue weighted by Gasteiger charge is 2.40. The molecule has 17 heteroatoms. The van der Waals surface area contributed by atoms with Crippen molar-refractivity contribution in [2.45, 2.75) is 70.5 Å². The molecule has 7 rings (SSSR count). The Hall–Kier alpha value is -5.35. The van der Waals surface area contributed by atoms with E-state index in [4.69, 9.17) is 14.1 Å². The molecule has 0 saturated carbocycles. The molecule has 4 heterocycles. The molecule has 0 aromatic heterocycles. The number of imide groups is 1. The van der Waals surface area contributed by atoms with Gasteiger partial charge in [-0.3, -0.25) is 24.0 Å². The second-order valence-corrected chi connectivity index (χ2v) is 13.2. The number of amides is 5. The molecule has 4 aliphatic rings. The van der Waals surface area contributed by atoms with Crippen LogP contribution in [-0.4, -0.2) is 87.9 Å². The van der Waals surface area contributed by atoms with Crippen molar-refractivity contribution in [3.8, 4) is 0 Å². The van der Waals surface area contributed by atoms with E-state index in [2.05, 4.69) is 10.6 Å². The summed E-state index contributed by atoms with van der Waals surface area (Å²) in [5.41, 5.74) is 4.32. The Morgan fingerprint density at radius 3 is 1.98 bits per heavy atom. The Morgan fingerprint density at radius 2 is 1.38 bits per heavy atom. The Balaban J connectivity index is 1.17. The first-order valence-corrected chi connectivity index (χ1v) is 16.9. The molecule has 3 aromatic carbocycles. The third kappa shape index (κ3) is 6.95. The van der Waals surface area contributed by atoms with Crippen LogP contribution in [0.1, 0.15) is 69.2 Å². The first-order valence-electron chi connectivity index (χ1n) is 16.9. The number of nitrogens with zero attached hydrogens (tertiary/aromatic N) is 2. The second-order valence-electron chi connectivity index (χ2n) is 13.2. The van der Waals surface area contributed by atoms with Crippen LogP contribution in [0.4, 0.5) is 0 Å². The number of hydrogen-bond acceptors (Lipinski definition) is 11. The lowest BCUT2D eigenvalue weighted by atomic mass is 9.78. The van der Waals surface area contributed by atoms with Crippen LogP contribution in [0.2, 0.25) is 0 Å². The number of fused-ring (bicyclic) bond motifs is 3. The van der Waals surface area contributed by atoms with Gasteiger partial charge in [-0.2, -0.15) is 0 Å². The lowest BCUT2D eigenvalue weighted by Gasteiger charge is -2.39. The van der Waals surface area contributed by atoms with Crippen molar-refractivity contribution >= 4 is 60.7 Å². The molecular formula is C35H34B2N4O11. The highest BCUT2D eigenvalue weighted by molar-refractivity contribution is 6.62. The van der Waals surface area contributed by atoms with E-state index < -0.39 is 67.9 Å². The van der Waals surface area contributed by atoms with Crippen LogP contribution >= 0.6 is 0 Å².